The van der Waals surface area contributed by atoms with Crippen LogP contribution in [-0.4, -0.2) is 23.5 Å². The molecule has 2 rings (SSSR count). The molecule has 0 aliphatic carbocycles. The molecular formula is C9H7FN4O4S. The number of halogens is 1. The molecule has 1 heterocycles. The molecule has 0 atom stereocenters. The van der Waals surface area contributed by atoms with Crippen LogP contribution in [0.15, 0.2) is 35.5 Å². The van der Waals surface area contributed by atoms with Crippen molar-refractivity contribution in [3.63, 3.8) is 0 Å². The molecule has 0 unspecified atom stereocenters. The second kappa shape index (κ2) is 4.65. The lowest BCUT2D eigenvalue weighted by molar-refractivity contribution is -0.385. The first-order valence-corrected chi connectivity index (χ1v) is 6.34. The molecule has 2 aromatic rings. The third kappa shape index (κ3) is 2.68. The lowest BCUT2D eigenvalue weighted by atomic mass is 10.3. The van der Waals surface area contributed by atoms with Crippen LogP contribution < -0.4 is 4.72 Å². The van der Waals surface area contributed by atoms with Crippen LogP contribution in [0.4, 0.5) is 15.8 Å². The highest BCUT2D eigenvalue weighted by Crippen LogP contribution is 2.23. The fourth-order valence-electron chi connectivity index (χ4n) is 1.33. The van der Waals surface area contributed by atoms with E-state index in [9.17, 15) is 22.9 Å². The molecule has 0 spiro atoms. The van der Waals surface area contributed by atoms with E-state index < -0.39 is 31.3 Å². The maximum atomic E-state index is 13.5. The van der Waals surface area contributed by atoms with Crippen LogP contribution in [0.2, 0.25) is 0 Å². The Bertz CT molecular complexity index is 714. The third-order valence-corrected chi connectivity index (χ3v) is 3.56. The van der Waals surface area contributed by atoms with E-state index in [4.69, 9.17) is 0 Å². The molecule has 19 heavy (non-hydrogen) atoms. The van der Waals surface area contributed by atoms with Crippen molar-refractivity contribution >= 4 is 21.4 Å². The second-order valence-electron chi connectivity index (χ2n) is 3.46. The molecule has 0 amide bonds. The van der Waals surface area contributed by atoms with Gasteiger partial charge in [-0.1, -0.05) is 0 Å². The zero-order valence-corrected chi connectivity index (χ0v) is 10.0. The minimum atomic E-state index is -4.26. The minimum absolute atomic E-state index is 0.0888. The Morgan fingerprint density at radius 1 is 1.42 bits per heavy atom. The largest absolute Gasteiger partial charge is 0.284 e. The number of benzene rings is 1. The van der Waals surface area contributed by atoms with Gasteiger partial charge in [-0.05, 0) is 6.07 Å². The van der Waals surface area contributed by atoms with Gasteiger partial charge in [0.1, 0.15) is 10.7 Å². The Hall–Kier alpha value is -2.49. The lowest BCUT2D eigenvalue weighted by Crippen LogP contribution is -2.14. The van der Waals surface area contributed by atoms with Gasteiger partial charge in [-0.2, -0.15) is 5.10 Å². The molecule has 0 bridgehead atoms. The quantitative estimate of drug-likeness (QED) is 0.648. The van der Waals surface area contributed by atoms with Crippen molar-refractivity contribution in [3.8, 4) is 0 Å². The molecule has 0 aliphatic heterocycles. The van der Waals surface area contributed by atoms with Crippen molar-refractivity contribution < 1.29 is 17.7 Å². The van der Waals surface area contributed by atoms with Crippen LogP contribution in [0.5, 0.6) is 0 Å². The number of hydrogen-bond donors (Lipinski definition) is 2. The molecule has 0 aliphatic rings. The fraction of sp³-hybridized carbons (Fsp3) is 0. The number of hydrogen-bond acceptors (Lipinski definition) is 5. The van der Waals surface area contributed by atoms with Crippen molar-refractivity contribution in [2.75, 3.05) is 4.72 Å². The zero-order chi connectivity index (χ0) is 14.0. The summed E-state index contributed by atoms with van der Waals surface area (Å²) in [5, 5.41) is 16.4. The Morgan fingerprint density at radius 2 is 2.16 bits per heavy atom. The van der Waals surface area contributed by atoms with Gasteiger partial charge < -0.3 is 0 Å². The molecule has 0 radical (unpaired) electrons. The first-order valence-electron chi connectivity index (χ1n) is 4.86. The van der Waals surface area contributed by atoms with Crippen molar-refractivity contribution in [1.29, 1.82) is 0 Å². The summed E-state index contributed by atoms with van der Waals surface area (Å²) in [6.45, 7) is 0. The first kappa shape index (κ1) is 13.0. The molecule has 10 heteroatoms. The monoisotopic (exact) mass is 286 g/mol. The molecule has 1 aromatic carbocycles. The molecule has 0 fully saturated rings. The van der Waals surface area contributed by atoms with Crippen molar-refractivity contribution in [3.05, 3.63) is 46.5 Å². The van der Waals surface area contributed by atoms with E-state index in [0.29, 0.717) is 6.07 Å². The normalized spacial score (nSPS) is 11.2. The summed E-state index contributed by atoms with van der Waals surface area (Å²) >= 11 is 0. The SMILES string of the molecule is O=[N+]([O-])c1ccc(F)c(S(=O)(=O)Nc2cn[nH]c2)c1. The van der Waals surface area contributed by atoms with Crippen molar-refractivity contribution in [2.24, 2.45) is 0 Å². The number of H-pyrrole nitrogens is 1. The Labute approximate surface area is 106 Å². The van der Waals surface area contributed by atoms with Crippen LogP contribution in [0, 0.1) is 15.9 Å². The highest BCUT2D eigenvalue weighted by Gasteiger charge is 2.23. The maximum Gasteiger partial charge on any atom is 0.271 e. The van der Waals surface area contributed by atoms with Gasteiger partial charge in [-0.15, -0.1) is 0 Å². The molecule has 8 nitrogen and oxygen atoms in total. The van der Waals surface area contributed by atoms with Crippen LogP contribution in [0.1, 0.15) is 0 Å². The number of anilines is 1. The van der Waals surface area contributed by atoms with Gasteiger partial charge in [0.15, 0.2) is 0 Å². The van der Waals surface area contributed by atoms with Gasteiger partial charge >= 0.3 is 0 Å². The summed E-state index contributed by atoms with van der Waals surface area (Å²) in [5.41, 5.74) is -0.431. The van der Waals surface area contributed by atoms with Gasteiger partial charge in [0.2, 0.25) is 0 Å². The maximum absolute atomic E-state index is 13.5. The average molecular weight is 286 g/mol. The van der Waals surface area contributed by atoms with E-state index in [0.717, 1.165) is 12.1 Å². The third-order valence-electron chi connectivity index (χ3n) is 2.17. The van der Waals surface area contributed by atoms with Gasteiger partial charge in [-0.25, -0.2) is 12.8 Å². The molecular weight excluding hydrogens is 279 g/mol. The van der Waals surface area contributed by atoms with E-state index in [1.165, 1.54) is 12.4 Å². The number of nitro groups is 1. The van der Waals surface area contributed by atoms with Crippen LogP contribution in [-0.2, 0) is 10.0 Å². The molecule has 100 valence electrons. The van der Waals surface area contributed by atoms with Crippen LogP contribution in [0.25, 0.3) is 0 Å². The van der Waals surface area contributed by atoms with Gasteiger partial charge in [0.25, 0.3) is 15.7 Å². The highest BCUT2D eigenvalue weighted by molar-refractivity contribution is 7.92. The van der Waals surface area contributed by atoms with Crippen molar-refractivity contribution in [1.82, 2.24) is 10.2 Å². The van der Waals surface area contributed by atoms with Crippen LogP contribution in [0.3, 0.4) is 0 Å². The Morgan fingerprint density at radius 3 is 2.74 bits per heavy atom. The van der Waals surface area contributed by atoms with Gasteiger partial charge in [0.05, 0.1) is 16.8 Å². The summed E-state index contributed by atoms with van der Waals surface area (Å²) in [7, 11) is -4.26. The number of non-ortho nitro benzene ring substituents is 1. The summed E-state index contributed by atoms with van der Waals surface area (Å²) in [6, 6.07) is 2.26. The number of rotatable bonds is 4. The standard InChI is InChI=1S/C9H7FN4O4S/c10-8-2-1-7(14(15)16)3-9(8)19(17,18)13-6-4-11-12-5-6/h1-5,13H,(H,11,12). The van der Waals surface area contributed by atoms with Crippen molar-refractivity contribution in [2.45, 2.75) is 4.90 Å². The molecule has 2 N–H and O–H groups in total. The summed E-state index contributed by atoms with van der Waals surface area (Å²) in [6.07, 6.45) is 2.42. The molecule has 0 saturated heterocycles. The highest BCUT2D eigenvalue weighted by atomic mass is 32.2. The lowest BCUT2D eigenvalue weighted by Gasteiger charge is -2.06. The number of sulfonamides is 1. The predicted molar refractivity (Wildman–Crippen MR) is 62.5 cm³/mol. The smallest absolute Gasteiger partial charge is 0.271 e. The summed E-state index contributed by atoms with van der Waals surface area (Å²) < 4.78 is 39.3. The van der Waals surface area contributed by atoms with Gasteiger partial charge in [0, 0.05) is 18.3 Å². The predicted octanol–water partition coefficient (Wildman–Crippen LogP) is 1.26. The topological polar surface area (TPSA) is 118 Å². The Kier molecular flexibility index (Phi) is 3.17. The fourth-order valence-corrected chi connectivity index (χ4v) is 2.46. The number of aromatic nitrogens is 2. The first-order chi connectivity index (χ1) is 8.90. The average Bonchev–Trinajstić information content (AvgIpc) is 2.81. The van der Waals surface area contributed by atoms with E-state index in [1.54, 1.807) is 0 Å². The number of aromatic amines is 1. The number of nitro benzene ring substituents is 1. The minimum Gasteiger partial charge on any atom is -0.284 e. The Balaban J connectivity index is 2.45. The summed E-state index contributed by atoms with van der Waals surface area (Å²) in [5.74, 6) is -1.08. The van der Waals surface area contributed by atoms with E-state index >= 15 is 0 Å². The van der Waals surface area contributed by atoms with E-state index in [1.807, 2.05) is 4.72 Å². The number of nitrogens with zero attached hydrogens (tertiary/aromatic N) is 2. The van der Waals surface area contributed by atoms with E-state index in [2.05, 4.69) is 10.2 Å². The van der Waals surface area contributed by atoms with E-state index in [-0.39, 0.29) is 5.69 Å². The molecule has 1 aromatic heterocycles. The molecule has 0 saturated carbocycles. The van der Waals surface area contributed by atoms with Gasteiger partial charge in [-0.3, -0.25) is 19.9 Å². The van der Waals surface area contributed by atoms with Crippen LogP contribution >= 0.6 is 0 Å². The second-order valence-corrected chi connectivity index (χ2v) is 5.12. The summed E-state index contributed by atoms with van der Waals surface area (Å²) in [4.78, 5) is 8.95. The zero-order valence-electron chi connectivity index (χ0n) is 9.20. The number of nitrogens with one attached hydrogen (secondary N) is 2.